The molecule has 0 aliphatic rings. The van der Waals surface area contributed by atoms with Gasteiger partial charge in [-0.1, -0.05) is 26.7 Å². The molecular weight excluding hydrogens is 222 g/mol. The molecule has 0 bridgehead atoms. The van der Waals surface area contributed by atoms with E-state index in [9.17, 15) is 8.42 Å². The summed E-state index contributed by atoms with van der Waals surface area (Å²) in [4.78, 5) is 0. The molecule has 0 aromatic rings. The topological polar surface area (TPSA) is 46.2 Å². The molecule has 0 saturated heterocycles. The van der Waals surface area contributed by atoms with Crippen LogP contribution in [0.25, 0.3) is 0 Å². The van der Waals surface area contributed by atoms with Crippen LogP contribution in [0.3, 0.4) is 0 Å². The van der Waals surface area contributed by atoms with Crippen LogP contribution in [0.2, 0.25) is 0 Å². The quantitative estimate of drug-likeness (QED) is 0.638. The van der Waals surface area contributed by atoms with Crippen molar-refractivity contribution in [2.75, 3.05) is 18.1 Å². The van der Waals surface area contributed by atoms with Crippen LogP contribution < -0.4 is 5.32 Å². The molecule has 0 aromatic carbocycles. The number of rotatable bonds is 9. The minimum Gasteiger partial charge on any atom is -0.311 e. The van der Waals surface area contributed by atoms with E-state index in [4.69, 9.17) is 0 Å². The lowest BCUT2D eigenvalue weighted by Gasteiger charge is -2.24. The summed E-state index contributed by atoms with van der Waals surface area (Å²) in [6, 6.07) is 0. The minimum atomic E-state index is -2.85. The van der Waals surface area contributed by atoms with Gasteiger partial charge in [0.2, 0.25) is 0 Å². The molecule has 0 unspecified atom stereocenters. The highest BCUT2D eigenvalue weighted by molar-refractivity contribution is 7.91. The average Bonchev–Trinajstić information content (AvgIpc) is 2.17. The number of hydrogen-bond donors (Lipinski definition) is 1. The van der Waals surface area contributed by atoms with Crippen LogP contribution in [0, 0.1) is 0 Å². The Balaban J connectivity index is 3.83. The monoisotopic (exact) mass is 249 g/mol. The molecule has 0 aliphatic heterocycles. The van der Waals surface area contributed by atoms with Gasteiger partial charge in [0.05, 0.1) is 11.5 Å². The molecule has 0 amide bonds. The second-order valence-electron chi connectivity index (χ2n) is 5.02. The van der Waals surface area contributed by atoms with Gasteiger partial charge in [-0.3, -0.25) is 0 Å². The summed E-state index contributed by atoms with van der Waals surface area (Å²) in [5.74, 6) is 0.606. The number of sulfone groups is 1. The Morgan fingerprint density at radius 3 is 2.19 bits per heavy atom. The highest BCUT2D eigenvalue weighted by Crippen LogP contribution is 2.06. The highest BCUT2D eigenvalue weighted by Gasteiger charge is 2.16. The Hall–Kier alpha value is -0.0900. The first-order valence-corrected chi connectivity index (χ1v) is 8.10. The molecule has 0 atom stereocenters. The molecular formula is C12H27NO2S. The molecule has 3 nitrogen and oxygen atoms in total. The van der Waals surface area contributed by atoms with Crippen molar-refractivity contribution >= 4 is 9.84 Å². The van der Waals surface area contributed by atoms with Crippen molar-refractivity contribution in [3.05, 3.63) is 0 Å². The summed E-state index contributed by atoms with van der Waals surface area (Å²) in [7, 11) is -2.85. The van der Waals surface area contributed by atoms with E-state index >= 15 is 0 Å². The predicted molar refractivity (Wildman–Crippen MR) is 70.6 cm³/mol. The van der Waals surface area contributed by atoms with E-state index < -0.39 is 9.84 Å². The second-order valence-corrected chi connectivity index (χ2v) is 7.33. The van der Waals surface area contributed by atoms with Gasteiger partial charge in [-0.2, -0.15) is 0 Å². The first kappa shape index (κ1) is 15.9. The zero-order valence-electron chi connectivity index (χ0n) is 11.2. The Morgan fingerprint density at radius 1 is 1.06 bits per heavy atom. The third-order valence-electron chi connectivity index (χ3n) is 2.96. The van der Waals surface area contributed by atoms with Gasteiger partial charge in [0.25, 0.3) is 0 Å². The Bertz CT molecular complexity index is 271. The smallest absolute Gasteiger partial charge is 0.151 e. The fraction of sp³-hybridized carbons (Fsp3) is 1.00. The van der Waals surface area contributed by atoms with Gasteiger partial charge in [-0.15, -0.1) is 0 Å². The van der Waals surface area contributed by atoms with Crippen LogP contribution in [0.5, 0.6) is 0 Å². The standard InChI is InChI=1S/C12H27NO2S/c1-5-7-8-10-16(14,15)11-9-13-12(3,4)6-2/h13H,5-11H2,1-4H3. The first-order valence-electron chi connectivity index (χ1n) is 6.28. The molecule has 0 saturated carbocycles. The summed E-state index contributed by atoms with van der Waals surface area (Å²) in [6.07, 6.45) is 3.88. The maximum Gasteiger partial charge on any atom is 0.151 e. The molecule has 0 spiro atoms. The molecule has 98 valence electrons. The summed E-state index contributed by atoms with van der Waals surface area (Å²) in [5, 5.41) is 3.28. The molecule has 4 heteroatoms. The maximum absolute atomic E-state index is 11.6. The van der Waals surface area contributed by atoms with Crippen molar-refractivity contribution in [1.29, 1.82) is 0 Å². The van der Waals surface area contributed by atoms with E-state index in [0.717, 1.165) is 25.7 Å². The molecule has 1 N–H and O–H groups in total. The van der Waals surface area contributed by atoms with E-state index in [1.807, 2.05) is 0 Å². The summed E-state index contributed by atoms with van der Waals surface area (Å²) in [6.45, 7) is 8.93. The normalized spacial score (nSPS) is 13.0. The number of nitrogens with one attached hydrogen (secondary N) is 1. The largest absolute Gasteiger partial charge is 0.311 e. The third-order valence-corrected chi connectivity index (χ3v) is 4.70. The van der Waals surface area contributed by atoms with E-state index in [0.29, 0.717) is 12.3 Å². The molecule has 0 aliphatic carbocycles. The number of unbranched alkanes of at least 4 members (excludes halogenated alkanes) is 2. The Morgan fingerprint density at radius 2 is 1.69 bits per heavy atom. The van der Waals surface area contributed by atoms with Gasteiger partial charge in [0.15, 0.2) is 9.84 Å². The van der Waals surface area contributed by atoms with Crippen molar-refractivity contribution in [3.63, 3.8) is 0 Å². The van der Waals surface area contributed by atoms with Crippen molar-refractivity contribution in [2.24, 2.45) is 0 Å². The van der Waals surface area contributed by atoms with Crippen molar-refractivity contribution in [1.82, 2.24) is 5.32 Å². The molecule has 0 rings (SSSR count). The van der Waals surface area contributed by atoms with Crippen molar-refractivity contribution < 1.29 is 8.42 Å². The summed E-state index contributed by atoms with van der Waals surface area (Å²) >= 11 is 0. The predicted octanol–water partition coefficient (Wildman–Crippen LogP) is 2.37. The van der Waals surface area contributed by atoms with E-state index in [-0.39, 0.29) is 11.3 Å². The highest BCUT2D eigenvalue weighted by atomic mass is 32.2. The van der Waals surface area contributed by atoms with Crippen LogP contribution in [0.15, 0.2) is 0 Å². The van der Waals surface area contributed by atoms with Gasteiger partial charge in [0.1, 0.15) is 0 Å². The Labute approximate surface area is 101 Å². The van der Waals surface area contributed by atoms with Gasteiger partial charge in [-0.05, 0) is 26.7 Å². The van der Waals surface area contributed by atoms with Gasteiger partial charge in [-0.25, -0.2) is 8.42 Å². The molecule has 0 heterocycles. The first-order chi connectivity index (χ1) is 7.33. The van der Waals surface area contributed by atoms with Gasteiger partial charge in [0, 0.05) is 12.1 Å². The lowest BCUT2D eigenvalue weighted by Crippen LogP contribution is -2.41. The van der Waals surface area contributed by atoms with E-state index in [1.54, 1.807) is 0 Å². The van der Waals surface area contributed by atoms with Gasteiger partial charge < -0.3 is 5.32 Å². The zero-order valence-corrected chi connectivity index (χ0v) is 12.0. The average molecular weight is 249 g/mol. The number of hydrogen-bond acceptors (Lipinski definition) is 3. The van der Waals surface area contributed by atoms with Crippen LogP contribution >= 0.6 is 0 Å². The maximum atomic E-state index is 11.6. The van der Waals surface area contributed by atoms with E-state index in [1.165, 1.54) is 0 Å². The van der Waals surface area contributed by atoms with Gasteiger partial charge >= 0.3 is 0 Å². The Kier molecular flexibility index (Phi) is 7.24. The SMILES string of the molecule is CCCCCS(=O)(=O)CCNC(C)(C)CC. The van der Waals surface area contributed by atoms with Crippen LogP contribution in [-0.2, 0) is 9.84 Å². The van der Waals surface area contributed by atoms with Crippen LogP contribution in [0.4, 0.5) is 0 Å². The fourth-order valence-corrected chi connectivity index (χ4v) is 2.61. The molecule has 0 radical (unpaired) electrons. The molecule has 0 aromatic heterocycles. The lowest BCUT2D eigenvalue weighted by molar-refractivity contribution is 0.387. The fourth-order valence-electron chi connectivity index (χ4n) is 1.34. The summed E-state index contributed by atoms with van der Waals surface area (Å²) < 4.78 is 23.3. The molecule has 0 fully saturated rings. The van der Waals surface area contributed by atoms with Crippen molar-refractivity contribution in [3.8, 4) is 0 Å². The zero-order chi connectivity index (χ0) is 12.7. The third kappa shape index (κ3) is 8.11. The van der Waals surface area contributed by atoms with Crippen molar-refractivity contribution in [2.45, 2.75) is 58.9 Å². The van der Waals surface area contributed by atoms with Crippen LogP contribution in [0.1, 0.15) is 53.4 Å². The summed E-state index contributed by atoms with van der Waals surface area (Å²) in [5.41, 5.74) is 0.0406. The van der Waals surface area contributed by atoms with Crippen LogP contribution in [-0.4, -0.2) is 32.0 Å². The lowest BCUT2D eigenvalue weighted by atomic mass is 10.0. The second kappa shape index (κ2) is 7.28. The van der Waals surface area contributed by atoms with E-state index in [2.05, 4.69) is 33.0 Å². The molecule has 16 heavy (non-hydrogen) atoms. The minimum absolute atomic E-state index is 0.0406.